The van der Waals surface area contributed by atoms with Gasteiger partial charge in [0.2, 0.25) is 0 Å². The van der Waals surface area contributed by atoms with Crippen LogP contribution in [0.15, 0.2) is 85.2 Å². The maximum Gasteiger partial charge on any atom is 0.271 e. The third-order valence-corrected chi connectivity index (χ3v) is 8.01. The fourth-order valence-corrected chi connectivity index (χ4v) is 5.68. The summed E-state index contributed by atoms with van der Waals surface area (Å²) in [4.78, 5) is 39.5. The van der Waals surface area contributed by atoms with E-state index in [1.54, 1.807) is 18.3 Å². The molecule has 1 aliphatic heterocycles. The van der Waals surface area contributed by atoms with Gasteiger partial charge in [-0.2, -0.15) is 0 Å². The molecule has 0 aliphatic carbocycles. The molecule has 5 aromatic rings. The van der Waals surface area contributed by atoms with Crippen molar-refractivity contribution in [1.82, 2.24) is 24.8 Å². The van der Waals surface area contributed by atoms with Crippen molar-refractivity contribution >= 4 is 40.9 Å². The highest BCUT2D eigenvalue weighted by Gasteiger charge is 2.29. The smallest absolute Gasteiger partial charge is 0.271 e. The van der Waals surface area contributed by atoms with Gasteiger partial charge in [-0.3, -0.25) is 9.59 Å². The first-order valence-electron chi connectivity index (χ1n) is 14.5. The monoisotopic (exact) mass is 610 g/mol. The number of piperazine rings is 1. The topological polar surface area (TPSA) is 104 Å². The third kappa shape index (κ3) is 6.23. The molecule has 10 heteroatoms. The summed E-state index contributed by atoms with van der Waals surface area (Å²) in [5, 5.41) is 13.2. The number of aromatic hydroxyl groups is 1. The molecule has 3 heterocycles. The van der Waals surface area contributed by atoms with Crippen LogP contribution in [-0.4, -0.2) is 69.1 Å². The molecule has 2 amide bonds. The van der Waals surface area contributed by atoms with Gasteiger partial charge in [-0.15, -0.1) is 12.4 Å². The number of rotatable bonds is 7. The summed E-state index contributed by atoms with van der Waals surface area (Å²) in [6.07, 6.45) is 3.76. The van der Waals surface area contributed by atoms with Crippen LogP contribution in [0.4, 0.5) is 5.82 Å². The summed E-state index contributed by atoms with van der Waals surface area (Å²) < 4.78 is 2.12. The maximum absolute atomic E-state index is 14.1. The number of benzene rings is 3. The number of fused-ring (bicyclic) bond motifs is 1. The molecule has 9 nitrogen and oxygen atoms in total. The minimum absolute atomic E-state index is 0. The number of aryl methyl sites for hydroxylation is 2. The molecule has 1 aliphatic rings. The van der Waals surface area contributed by atoms with E-state index < -0.39 is 0 Å². The van der Waals surface area contributed by atoms with E-state index in [4.69, 9.17) is 0 Å². The summed E-state index contributed by atoms with van der Waals surface area (Å²) in [6.45, 7) is 4.83. The van der Waals surface area contributed by atoms with Crippen molar-refractivity contribution in [2.75, 3.05) is 37.6 Å². The zero-order valence-corrected chi connectivity index (χ0v) is 25.6. The lowest BCUT2D eigenvalue weighted by molar-refractivity contribution is 0.0748. The van der Waals surface area contributed by atoms with Crippen molar-refractivity contribution in [2.45, 2.75) is 13.3 Å². The lowest BCUT2D eigenvalue weighted by Crippen LogP contribution is -2.49. The van der Waals surface area contributed by atoms with E-state index >= 15 is 0 Å². The van der Waals surface area contributed by atoms with Crippen LogP contribution in [0, 0.1) is 6.92 Å². The normalized spacial score (nSPS) is 13.0. The zero-order valence-electron chi connectivity index (χ0n) is 24.7. The van der Waals surface area contributed by atoms with Crippen molar-refractivity contribution in [3.8, 4) is 17.0 Å². The molecule has 1 fully saturated rings. The Kier molecular flexibility index (Phi) is 9.15. The van der Waals surface area contributed by atoms with Crippen LogP contribution in [0.25, 0.3) is 22.2 Å². The Hall–Kier alpha value is -4.89. The van der Waals surface area contributed by atoms with Gasteiger partial charge >= 0.3 is 0 Å². The third-order valence-electron chi connectivity index (χ3n) is 8.01. The Balaban J connectivity index is 0.00000384. The average molecular weight is 611 g/mol. The number of carbonyl (C=O) groups is 2. The van der Waals surface area contributed by atoms with E-state index in [9.17, 15) is 14.7 Å². The lowest BCUT2D eigenvalue weighted by atomic mass is 10.0. The molecule has 0 unspecified atom stereocenters. The minimum Gasteiger partial charge on any atom is -0.508 e. The Morgan fingerprint density at radius 2 is 1.64 bits per heavy atom. The van der Waals surface area contributed by atoms with Gasteiger partial charge in [0.15, 0.2) is 0 Å². The molecule has 0 spiro atoms. The lowest BCUT2D eigenvalue weighted by Gasteiger charge is -2.35. The number of anilines is 1. The summed E-state index contributed by atoms with van der Waals surface area (Å²) in [5.74, 6) is 0.639. The number of phenols is 1. The van der Waals surface area contributed by atoms with Gasteiger partial charge in [0.05, 0.1) is 23.7 Å². The highest BCUT2D eigenvalue weighted by molar-refractivity contribution is 6.13. The highest BCUT2D eigenvalue weighted by Crippen LogP contribution is 2.35. The minimum atomic E-state index is -0.284. The second-order valence-electron chi connectivity index (χ2n) is 10.9. The largest absolute Gasteiger partial charge is 0.508 e. The zero-order chi connectivity index (χ0) is 29.9. The van der Waals surface area contributed by atoms with Gasteiger partial charge < -0.3 is 24.8 Å². The standard InChI is InChI=1S/C34H34N6O3.ClH/c1-23-8-13-29-27(20-23)31(32(38(29)2)25-6-4-3-5-7-25)34(43)40-18-16-39(17-19-40)30-22-36-28(21-37-30)33(42)35-15-14-24-9-11-26(41)12-10-24;/h3-13,20-22,41H,14-19H2,1-2H3,(H,35,42);1H. The molecule has 0 saturated carbocycles. The number of aromatic nitrogens is 3. The van der Waals surface area contributed by atoms with E-state index in [1.165, 1.54) is 6.20 Å². The van der Waals surface area contributed by atoms with E-state index in [-0.39, 0.29) is 35.7 Å². The molecule has 226 valence electrons. The molecule has 0 atom stereocenters. The van der Waals surface area contributed by atoms with Gasteiger partial charge in [-0.05, 0) is 48.7 Å². The van der Waals surface area contributed by atoms with Crippen molar-refractivity contribution in [3.63, 3.8) is 0 Å². The van der Waals surface area contributed by atoms with Crippen LogP contribution in [0.1, 0.15) is 32.0 Å². The first-order valence-corrected chi connectivity index (χ1v) is 14.5. The summed E-state index contributed by atoms with van der Waals surface area (Å²) >= 11 is 0. The van der Waals surface area contributed by atoms with E-state index in [2.05, 4.69) is 49.9 Å². The number of amides is 2. The SMILES string of the molecule is Cc1ccc2c(c1)c(C(=O)N1CCN(c3cnc(C(=O)NCCc4ccc(O)cc4)cn3)CC1)c(-c1ccccc1)n2C.Cl. The molecule has 2 N–H and O–H groups in total. The number of nitrogens with one attached hydrogen (secondary N) is 1. The fraction of sp³-hybridized carbons (Fsp3) is 0.235. The van der Waals surface area contributed by atoms with Crippen LogP contribution >= 0.6 is 12.4 Å². The summed E-state index contributed by atoms with van der Waals surface area (Å²) in [7, 11) is 2.02. The van der Waals surface area contributed by atoms with Gasteiger partial charge in [0.25, 0.3) is 11.8 Å². The average Bonchev–Trinajstić information content (AvgIpc) is 3.33. The molecule has 6 rings (SSSR count). The van der Waals surface area contributed by atoms with Gasteiger partial charge in [0, 0.05) is 50.7 Å². The van der Waals surface area contributed by atoms with Crippen LogP contribution in [0.5, 0.6) is 5.75 Å². The Morgan fingerprint density at radius 1 is 0.909 bits per heavy atom. The first kappa shape index (κ1) is 30.6. The highest BCUT2D eigenvalue weighted by atomic mass is 35.5. The van der Waals surface area contributed by atoms with Crippen molar-refractivity contribution in [3.05, 3.63) is 108 Å². The molecule has 0 bridgehead atoms. The van der Waals surface area contributed by atoms with Crippen molar-refractivity contribution in [1.29, 1.82) is 0 Å². The quantitative estimate of drug-likeness (QED) is 0.269. The Bertz CT molecular complexity index is 1760. The summed E-state index contributed by atoms with van der Waals surface area (Å²) in [5.41, 5.74) is 6.10. The number of halogens is 1. The molecular formula is C34H35ClN6O3. The Morgan fingerprint density at radius 3 is 2.32 bits per heavy atom. The molecule has 0 radical (unpaired) electrons. The van der Waals surface area contributed by atoms with Gasteiger partial charge in [0.1, 0.15) is 17.3 Å². The van der Waals surface area contributed by atoms with Crippen LogP contribution in [0.3, 0.4) is 0 Å². The van der Waals surface area contributed by atoms with E-state index in [0.717, 1.165) is 38.9 Å². The Labute approximate surface area is 262 Å². The number of phenolic OH excluding ortho intramolecular Hbond substituents is 1. The van der Waals surface area contributed by atoms with Crippen LogP contribution < -0.4 is 10.2 Å². The van der Waals surface area contributed by atoms with E-state index in [0.29, 0.717) is 45.0 Å². The molecule has 1 saturated heterocycles. The maximum atomic E-state index is 14.1. The second kappa shape index (κ2) is 13.2. The predicted octanol–water partition coefficient (Wildman–Crippen LogP) is 5.01. The van der Waals surface area contributed by atoms with Crippen molar-refractivity contribution < 1.29 is 14.7 Å². The van der Waals surface area contributed by atoms with E-state index in [1.807, 2.05) is 54.4 Å². The van der Waals surface area contributed by atoms with Gasteiger partial charge in [-0.1, -0.05) is 54.1 Å². The van der Waals surface area contributed by atoms with Gasteiger partial charge in [-0.25, -0.2) is 9.97 Å². The molecule has 44 heavy (non-hydrogen) atoms. The first-order chi connectivity index (χ1) is 20.9. The van der Waals surface area contributed by atoms with Crippen LogP contribution in [-0.2, 0) is 13.5 Å². The number of nitrogens with zero attached hydrogens (tertiary/aromatic N) is 5. The molecule has 3 aromatic carbocycles. The number of carbonyl (C=O) groups excluding carboxylic acids is 2. The number of hydrogen-bond donors (Lipinski definition) is 2. The van der Waals surface area contributed by atoms with Crippen molar-refractivity contribution in [2.24, 2.45) is 7.05 Å². The second-order valence-corrected chi connectivity index (χ2v) is 10.9. The fourth-order valence-electron chi connectivity index (χ4n) is 5.68. The molecular weight excluding hydrogens is 576 g/mol. The molecule has 2 aromatic heterocycles. The predicted molar refractivity (Wildman–Crippen MR) is 175 cm³/mol. The summed E-state index contributed by atoms with van der Waals surface area (Å²) in [6, 6.07) is 23.3. The number of hydrogen-bond acceptors (Lipinski definition) is 6. The van der Waals surface area contributed by atoms with Crippen LogP contribution in [0.2, 0.25) is 0 Å².